The van der Waals surface area contributed by atoms with Crippen LogP contribution in [0.1, 0.15) is 33.1 Å². The van der Waals surface area contributed by atoms with Crippen LogP contribution in [0.4, 0.5) is 4.79 Å². The molecule has 0 saturated carbocycles. The zero-order chi connectivity index (χ0) is 15.5. The third-order valence-electron chi connectivity index (χ3n) is 4.05. The van der Waals surface area contributed by atoms with Crippen molar-refractivity contribution in [3.8, 4) is 0 Å². The van der Waals surface area contributed by atoms with Crippen LogP contribution < -0.4 is 0 Å². The van der Waals surface area contributed by atoms with Crippen LogP contribution in [0.3, 0.4) is 0 Å². The summed E-state index contributed by atoms with van der Waals surface area (Å²) in [6.45, 7) is 4.69. The lowest BCUT2D eigenvalue weighted by Crippen LogP contribution is -2.35. The maximum atomic E-state index is 12.0. The minimum absolute atomic E-state index is 0.0677. The molecule has 0 spiro atoms. The fourth-order valence-corrected chi connectivity index (χ4v) is 2.85. The summed E-state index contributed by atoms with van der Waals surface area (Å²) < 4.78 is 16.8. The van der Waals surface area contributed by atoms with Gasteiger partial charge >= 0.3 is 6.09 Å². The van der Waals surface area contributed by atoms with Crippen molar-refractivity contribution in [2.45, 2.75) is 45.3 Å². The monoisotopic (exact) mass is 303 g/mol. The first-order chi connectivity index (χ1) is 10.7. The number of amides is 1. The zero-order valence-electron chi connectivity index (χ0n) is 13.0. The van der Waals surface area contributed by atoms with Crippen molar-refractivity contribution in [2.75, 3.05) is 6.54 Å². The predicted molar refractivity (Wildman–Crippen MR) is 81.5 cm³/mol. The molecule has 2 unspecified atom stereocenters. The van der Waals surface area contributed by atoms with E-state index in [1.165, 1.54) is 6.26 Å². The number of allylic oxidation sites excluding steroid dienone is 4. The molecule has 5 heteroatoms. The topological polar surface area (TPSA) is 48.0 Å². The van der Waals surface area contributed by atoms with Crippen LogP contribution >= 0.6 is 0 Å². The molecule has 0 N–H and O–H groups in total. The number of hydrogen-bond acceptors (Lipinski definition) is 4. The molecule has 0 aromatic rings. The average Bonchev–Trinajstić information content (AvgIpc) is 2.84. The Morgan fingerprint density at radius 2 is 2.23 bits per heavy atom. The normalized spacial score (nSPS) is 27.5. The van der Waals surface area contributed by atoms with E-state index >= 15 is 0 Å². The Labute approximate surface area is 130 Å². The standard InChI is InChI=1S/C17H21NO4/c1-3-9-18-12(2)16(22-17(18)19)15-11-20-10-14(21-15)13-7-5-4-6-8-13/h4-5,7,10-12,16H,3,6,8-9H2,1-2H3. The van der Waals surface area contributed by atoms with Gasteiger partial charge in [-0.25, -0.2) is 4.79 Å². The second kappa shape index (κ2) is 6.30. The molecule has 1 amide bonds. The molecule has 2 heterocycles. The summed E-state index contributed by atoms with van der Waals surface area (Å²) >= 11 is 0. The van der Waals surface area contributed by atoms with E-state index in [4.69, 9.17) is 14.2 Å². The summed E-state index contributed by atoms with van der Waals surface area (Å²) in [7, 11) is 0. The molecule has 118 valence electrons. The van der Waals surface area contributed by atoms with E-state index in [1.807, 2.05) is 26.0 Å². The van der Waals surface area contributed by atoms with Gasteiger partial charge in [-0.15, -0.1) is 0 Å². The van der Waals surface area contributed by atoms with E-state index < -0.39 is 6.10 Å². The Bertz CT molecular complexity index is 573. The number of nitrogens with zero attached hydrogens (tertiary/aromatic N) is 1. The van der Waals surface area contributed by atoms with E-state index in [0.29, 0.717) is 18.1 Å². The third kappa shape index (κ3) is 2.75. The maximum Gasteiger partial charge on any atom is 0.410 e. The van der Waals surface area contributed by atoms with Crippen LogP contribution in [-0.2, 0) is 14.2 Å². The van der Waals surface area contributed by atoms with Gasteiger partial charge in [0.2, 0.25) is 0 Å². The van der Waals surface area contributed by atoms with Crippen molar-refractivity contribution >= 4 is 6.09 Å². The van der Waals surface area contributed by atoms with Crippen LogP contribution in [0.15, 0.2) is 47.8 Å². The predicted octanol–water partition coefficient (Wildman–Crippen LogP) is 3.61. The quantitative estimate of drug-likeness (QED) is 0.796. The van der Waals surface area contributed by atoms with Crippen LogP contribution in [0.5, 0.6) is 0 Å². The molecule has 2 atom stereocenters. The first-order valence-corrected chi connectivity index (χ1v) is 7.77. The lowest BCUT2D eigenvalue weighted by Gasteiger charge is -2.25. The second-order valence-corrected chi connectivity index (χ2v) is 5.64. The fourth-order valence-electron chi connectivity index (χ4n) is 2.85. The molecule has 0 radical (unpaired) electrons. The lowest BCUT2D eigenvalue weighted by molar-refractivity contribution is 0.0995. The summed E-state index contributed by atoms with van der Waals surface area (Å²) in [5.41, 5.74) is 1.09. The molecule has 1 fully saturated rings. The minimum atomic E-state index is -0.428. The third-order valence-corrected chi connectivity index (χ3v) is 4.05. The van der Waals surface area contributed by atoms with Crippen molar-refractivity contribution in [1.82, 2.24) is 4.90 Å². The van der Waals surface area contributed by atoms with E-state index in [1.54, 1.807) is 11.2 Å². The maximum absolute atomic E-state index is 12.0. The van der Waals surface area contributed by atoms with Crippen molar-refractivity contribution in [3.63, 3.8) is 0 Å². The molecule has 3 rings (SSSR count). The number of carbonyl (C=O) groups is 1. The smallest absolute Gasteiger partial charge is 0.410 e. The van der Waals surface area contributed by atoms with Gasteiger partial charge in [-0.3, -0.25) is 0 Å². The lowest BCUT2D eigenvalue weighted by atomic mass is 10.0. The Hall–Kier alpha value is -2.17. The van der Waals surface area contributed by atoms with Crippen LogP contribution in [0.2, 0.25) is 0 Å². The molecular formula is C17H21NO4. The minimum Gasteiger partial charge on any atom is -0.465 e. The number of ether oxygens (including phenoxy) is 3. The fraction of sp³-hybridized carbons (Fsp3) is 0.471. The summed E-state index contributed by atoms with van der Waals surface area (Å²) in [4.78, 5) is 13.7. The van der Waals surface area contributed by atoms with Gasteiger partial charge in [-0.2, -0.15) is 0 Å². The van der Waals surface area contributed by atoms with Gasteiger partial charge in [-0.05, 0) is 31.8 Å². The van der Waals surface area contributed by atoms with Crippen molar-refractivity contribution < 1.29 is 19.0 Å². The van der Waals surface area contributed by atoms with Crippen molar-refractivity contribution in [3.05, 3.63) is 47.8 Å². The van der Waals surface area contributed by atoms with Gasteiger partial charge in [0.05, 0.1) is 6.04 Å². The number of cyclic esters (lactones) is 1. The highest BCUT2D eigenvalue weighted by Gasteiger charge is 2.42. The van der Waals surface area contributed by atoms with E-state index in [9.17, 15) is 4.79 Å². The number of rotatable bonds is 4. The molecule has 5 nitrogen and oxygen atoms in total. The van der Waals surface area contributed by atoms with Crippen LogP contribution in [-0.4, -0.2) is 29.7 Å². The summed E-state index contributed by atoms with van der Waals surface area (Å²) in [5, 5.41) is 0. The molecular weight excluding hydrogens is 282 g/mol. The summed E-state index contributed by atoms with van der Waals surface area (Å²) in [6, 6.07) is -0.0677. The Morgan fingerprint density at radius 1 is 1.36 bits per heavy atom. The molecule has 22 heavy (non-hydrogen) atoms. The number of hydrogen-bond donors (Lipinski definition) is 0. The van der Waals surface area contributed by atoms with Crippen molar-refractivity contribution in [1.29, 1.82) is 0 Å². The Kier molecular flexibility index (Phi) is 4.22. The zero-order valence-corrected chi connectivity index (χ0v) is 13.0. The largest absolute Gasteiger partial charge is 0.465 e. The van der Waals surface area contributed by atoms with Gasteiger partial charge in [0.1, 0.15) is 12.5 Å². The molecule has 3 aliphatic rings. The Balaban J connectivity index is 1.71. The summed E-state index contributed by atoms with van der Waals surface area (Å²) in [6.07, 6.45) is 11.4. The van der Waals surface area contributed by atoms with Gasteiger partial charge in [0.25, 0.3) is 0 Å². The molecule has 0 bridgehead atoms. The van der Waals surface area contributed by atoms with Crippen LogP contribution in [0.25, 0.3) is 0 Å². The van der Waals surface area contributed by atoms with E-state index in [-0.39, 0.29) is 12.1 Å². The van der Waals surface area contributed by atoms with Gasteiger partial charge in [-0.1, -0.05) is 25.2 Å². The van der Waals surface area contributed by atoms with E-state index in [2.05, 4.69) is 6.08 Å². The first kappa shape index (κ1) is 14.8. The van der Waals surface area contributed by atoms with Gasteiger partial charge < -0.3 is 19.1 Å². The second-order valence-electron chi connectivity index (χ2n) is 5.64. The highest BCUT2D eigenvalue weighted by atomic mass is 16.6. The van der Waals surface area contributed by atoms with E-state index in [0.717, 1.165) is 24.8 Å². The van der Waals surface area contributed by atoms with Crippen LogP contribution in [0, 0.1) is 0 Å². The SMILES string of the molecule is CCCN1C(=O)OC(C2=COC=C(C3=CC=CCC3)O2)C1C. The number of carbonyl (C=O) groups excluding carboxylic acids is 1. The molecule has 0 aromatic carbocycles. The highest BCUT2D eigenvalue weighted by molar-refractivity contribution is 5.71. The highest BCUT2D eigenvalue weighted by Crippen LogP contribution is 2.32. The molecule has 0 aromatic heterocycles. The van der Waals surface area contributed by atoms with Gasteiger partial charge in [0, 0.05) is 6.54 Å². The average molecular weight is 303 g/mol. The molecule has 1 saturated heterocycles. The molecule has 2 aliphatic heterocycles. The first-order valence-electron chi connectivity index (χ1n) is 7.77. The Morgan fingerprint density at radius 3 is 2.95 bits per heavy atom. The van der Waals surface area contributed by atoms with Gasteiger partial charge in [0.15, 0.2) is 17.6 Å². The van der Waals surface area contributed by atoms with Crippen molar-refractivity contribution in [2.24, 2.45) is 0 Å². The summed E-state index contributed by atoms with van der Waals surface area (Å²) in [5.74, 6) is 1.24. The molecule has 1 aliphatic carbocycles.